The first-order valence-electron chi connectivity index (χ1n) is 11.9. The Hall–Kier alpha value is -3.60. The molecule has 1 atom stereocenters. The van der Waals surface area contributed by atoms with Gasteiger partial charge in [-0.3, -0.25) is 4.79 Å². The summed E-state index contributed by atoms with van der Waals surface area (Å²) < 4.78 is 7.33. The Morgan fingerprint density at radius 1 is 1.18 bits per heavy atom. The van der Waals surface area contributed by atoms with E-state index in [2.05, 4.69) is 55.7 Å². The molecule has 2 aromatic heterocycles. The summed E-state index contributed by atoms with van der Waals surface area (Å²) in [7, 11) is 0. The normalized spacial score (nSPS) is 11.7. The minimum absolute atomic E-state index is 0. The molecule has 0 saturated carbocycles. The second-order valence-corrected chi connectivity index (χ2v) is 8.49. The SMILES string of the molecule is C=c1cccc(-c2c(C(=O)NC(C)CC)n(Cc3cc(C)on3)c3ccc(C)cc23)c1=C.CC.[HH]. The van der Waals surface area contributed by atoms with Gasteiger partial charge in [0.15, 0.2) is 0 Å². The third-order valence-corrected chi connectivity index (χ3v) is 5.96. The van der Waals surface area contributed by atoms with Crippen molar-refractivity contribution >= 4 is 30.0 Å². The smallest absolute Gasteiger partial charge is 0.268 e. The highest BCUT2D eigenvalue weighted by Gasteiger charge is 2.26. The van der Waals surface area contributed by atoms with E-state index in [0.29, 0.717) is 12.2 Å². The number of rotatable bonds is 6. The number of nitrogens with zero attached hydrogens (tertiary/aromatic N) is 2. The first-order chi connectivity index (χ1) is 16.3. The van der Waals surface area contributed by atoms with Crippen LogP contribution in [0.15, 0.2) is 47.0 Å². The molecule has 0 spiro atoms. The van der Waals surface area contributed by atoms with E-state index in [1.54, 1.807) is 0 Å². The van der Waals surface area contributed by atoms with Gasteiger partial charge >= 0.3 is 0 Å². The van der Waals surface area contributed by atoms with Crippen molar-refractivity contribution in [1.82, 2.24) is 15.0 Å². The van der Waals surface area contributed by atoms with Crippen LogP contribution in [-0.4, -0.2) is 21.7 Å². The van der Waals surface area contributed by atoms with E-state index >= 15 is 0 Å². The molecule has 0 bridgehead atoms. The summed E-state index contributed by atoms with van der Waals surface area (Å²) in [5.41, 5.74) is 5.25. The molecule has 2 heterocycles. The van der Waals surface area contributed by atoms with Crippen molar-refractivity contribution in [1.29, 1.82) is 0 Å². The molecular formula is C29H37N3O2. The van der Waals surface area contributed by atoms with E-state index in [-0.39, 0.29) is 13.4 Å². The Labute approximate surface area is 203 Å². The summed E-state index contributed by atoms with van der Waals surface area (Å²) >= 11 is 0. The summed E-state index contributed by atoms with van der Waals surface area (Å²) in [5.74, 6) is 0.625. The van der Waals surface area contributed by atoms with Gasteiger partial charge < -0.3 is 14.4 Å². The van der Waals surface area contributed by atoms with Gasteiger partial charge in [0, 0.05) is 30.0 Å². The molecule has 0 aliphatic carbocycles. The first kappa shape index (κ1) is 25.0. The molecule has 4 aromatic rings. The molecule has 0 radical (unpaired) electrons. The zero-order chi connectivity index (χ0) is 25.0. The molecule has 2 aromatic carbocycles. The van der Waals surface area contributed by atoms with Crippen LogP contribution < -0.4 is 15.8 Å². The number of benzene rings is 2. The number of fused-ring (bicyclic) bond motifs is 1. The highest BCUT2D eigenvalue weighted by atomic mass is 16.5. The minimum Gasteiger partial charge on any atom is -0.361 e. The maximum atomic E-state index is 13.7. The van der Waals surface area contributed by atoms with E-state index in [4.69, 9.17) is 4.52 Å². The molecule has 0 aliphatic heterocycles. The molecule has 0 aliphatic rings. The lowest BCUT2D eigenvalue weighted by Gasteiger charge is -2.15. The van der Waals surface area contributed by atoms with Crippen LogP contribution in [0.3, 0.4) is 0 Å². The van der Waals surface area contributed by atoms with Crippen LogP contribution in [0, 0.1) is 13.8 Å². The number of carbonyl (C=O) groups excluding carboxylic acids is 1. The van der Waals surface area contributed by atoms with Gasteiger partial charge in [0.05, 0.1) is 6.54 Å². The zero-order valence-electron chi connectivity index (χ0n) is 21.2. The van der Waals surface area contributed by atoms with Crippen LogP contribution in [0.25, 0.3) is 35.2 Å². The first-order valence-corrected chi connectivity index (χ1v) is 11.9. The third kappa shape index (κ3) is 4.84. The molecule has 1 unspecified atom stereocenters. The summed E-state index contributed by atoms with van der Waals surface area (Å²) in [6.45, 7) is 20.8. The van der Waals surface area contributed by atoms with Gasteiger partial charge in [-0.1, -0.05) is 68.9 Å². The lowest BCUT2D eigenvalue weighted by atomic mass is 9.98. The van der Waals surface area contributed by atoms with Crippen molar-refractivity contribution in [2.45, 2.75) is 60.5 Å². The predicted molar refractivity (Wildman–Crippen MR) is 143 cm³/mol. The van der Waals surface area contributed by atoms with Crippen LogP contribution in [0.2, 0.25) is 0 Å². The molecule has 180 valence electrons. The molecule has 0 saturated heterocycles. The van der Waals surface area contributed by atoms with Crippen molar-refractivity contribution in [2.75, 3.05) is 0 Å². The predicted octanol–water partition coefficient (Wildman–Crippen LogP) is 5.58. The summed E-state index contributed by atoms with van der Waals surface area (Å²) in [4.78, 5) is 13.7. The van der Waals surface area contributed by atoms with Gasteiger partial charge in [0.25, 0.3) is 5.91 Å². The van der Waals surface area contributed by atoms with Gasteiger partial charge in [-0.2, -0.15) is 0 Å². The van der Waals surface area contributed by atoms with Crippen LogP contribution in [0.1, 0.15) is 63.0 Å². The number of aromatic nitrogens is 2. The number of nitrogens with one attached hydrogen (secondary N) is 1. The summed E-state index contributed by atoms with van der Waals surface area (Å²) in [6.07, 6.45) is 0.845. The van der Waals surface area contributed by atoms with Gasteiger partial charge in [-0.25, -0.2) is 0 Å². The highest BCUT2D eigenvalue weighted by Crippen LogP contribution is 2.35. The molecule has 5 heteroatoms. The Bertz CT molecular complexity index is 1420. The van der Waals surface area contributed by atoms with E-state index in [0.717, 1.165) is 55.9 Å². The maximum Gasteiger partial charge on any atom is 0.268 e. The Morgan fingerprint density at radius 3 is 2.56 bits per heavy atom. The lowest BCUT2D eigenvalue weighted by Crippen LogP contribution is -2.34. The molecular weight excluding hydrogens is 422 g/mol. The molecule has 1 N–H and O–H groups in total. The number of carbonyl (C=O) groups is 1. The molecule has 4 rings (SSSR count). The summed E-state index contributed by atoms with van der Waals surface area (Å²) in [6, 6.07) is 14.1. The quantitative estimate of drug-likeness (QED) is 0.409. The molecule has 34 heavy (non-hydrogen) atoms. The average molecular weight is 460 g/mol. The van der Waals surface area contributed by atoms with Crippen molar-refractivity contribution < 1.29 is 10.7 Å². The van der Waals surface area contributed by atoms with E-state index in [9.17, 15) is 4.79 Å². The Kier molecular flexibility index (Phi) is 7.77. The third-order valence-electron chi connectivity index (χ3n) is 5.96. The van der Waals surface area contributed by atoms with Crippen molar-refractivity contribution in [3.8, 4) is 11.1 Å². The fourth-order valence-corrected chi connectivity index (χ4v) is 4.06. The van der Waals surface area contributed by atoms with Crippen molar-refractivity contribution in [2.24, 2.45) is 0 Å². The second-order valence-electron chi connectivity index (χ2n) is 8.49. The summed E-state index contributed by atoms with van der Waals surface area (Å²) in [5, 5.41) is 10.0. The van der Waals surface area contributed by atoms with E-state index < -0.39 is 0 Å². The van der Waals surface area contributed by atoms with Crippen molar-refractivity contribution in [3.63, 3.8) is 0 Å². The lowest BCUT2D eigenvalue weighted by molar-refractivity contribution is 0.0931. The van der Waals surface area contributed by atoms with Gasteiger partial charge in [-0.15, -0.1) is 0 Å². The second kappa shape index (κ2) is 10.6. The molecule has 0 fully saturated rings. The van der Waals surface area contributed by atoms with E-state index in [1.165, 1.54) is 0 Å². The number of hydrogen-bond donors (Lipinski definition) is 1. The Morgan fingerprint density at radius 2 is 1.91 bits per heavy atom. The number of amides is 1. The standard InChI is InChI=1S/C27H29N3O2.C2H6.H2/c1-7-18(4)28-27(31)26-25(22-10-8-9-17(3)20(22)6)23-13-16(2)11-12-24(23)30(26)15-21-14-19(5)32-29-21;1-2;/h8-14,18H,3,6-7,15H2,1-2,4-5H3,(H,28,31);1-2H3;1H. The minimum atomic E-state index is -0.114. The monoisotopic (exact) mass is 459 g/mol. The molecule has 5 nitrogen and oxygen atoms in total. The van der Waals surface area contributed by atoms with Crippen molar-refractivity contribution in [3.05, 3.63) is 75.6 Å². The Balaban J connectivity index is 0.00000140. The largest absolute Gasteiger partial charge is 0.361 e. The number of hydrogen-bond acceptors (Lipinski definition) is 3. The van der Waals surface area contributed by atoms with Crippen LogP contribution >= 0.6 is 0 Å². The zero-order valence-corrected chi connectivity index (χ0v) is 21.2. The van der Waals surface area contributed by atoms with Gasteiger partial charge in [0.1, 0.15) is 17.1 Å². The van der Waals surface area contributed by atoms with Gasteiger partial charge in [0.2, 0.25) is 0 Å². The van der Waals surface area contributed by atoms with Gasteiger partial charge in [-0.05, 0) is 55.3 Å². The van der Waals surface area contributed by atoms with Crippen LogP contribution in [-0.2, 0) is 6.54 Å². The highest BCUT2D eigenvalue weighted by molar-refractivity contribution is 6.10. The topological polar surface area (TPSA) is 60.1 Å². The molecule has 1 amide bonds. The average Bonchev–Trinajstić information content (AvgIpc) is 3.37. The van der Waals surface area contributed by atoms with Crippen LogP contribution in [0.5, 0.6) is 0 Å². The van der Waals surface area contributed by atoms with Crippen LogP contribution in [0.4, 0.5) is 0 Å². The fraction of sp³-hybridized carbons (Fsp3) is 0.310. The maximum absolute atomic E-state index is 13.7. The number of aryl methyl sites for hydroxylation is 2. The fourth-order valence-electron chi connectivity index (χ4n) is 4.06. The van der Waals surface area contributed by atoms with E-state index in [1.807, 2.05) is 56.5 Å².